The second kappa shape index (κ2) is 6.67. The van der Waals surface area contributed by atoms with Crippen LogP contribution in [0.2, 0.25) is 0 Å². The van der Waals surface area contributed by atoms with E-state index < -0.39 is 0 Å². The molecular formula is C18H29N5O. The van der Waals surface area contributed by atoms with Crippen molar-refractivity contribution in [2.75, 3.05) is 13.1 Å². The number of rotatable bonds is 4. The van der Waals surface area contributed by atoms with Crippen LogP contribution in [0.15, 0.2) is 10.6 Å². The van der Waals surface area contributed by atoms with E-state index in [1.807, 2.05) is 24.7 Å². The Bertz CT molecular complexity index is 682. The first-order chi connectivity index (χ1) is 11.3. The standard InChI is InChI=1S/C18H29N5O/c1-13-20-14(2)23(21-13)11-15-7-6-8-22(10-15)12-17-19-9-16(24-17)18(3,4)5/h9,15H,6-8,10-12H2,1-5H3/t15-/m0/s1. The highest BCUT2D eigenvalue weighted by Gasteiger charge is 2.24. The van der Waals surface area contributed by atoms with Gasteiger partial charge in [0.15, 0.2) is 0 Å². The Hall–Kier alpha value is -1.69. The quantitative estimate of drug-likeness (QED) is 0.861. The first kappa shape index (κ1) is 17.1. The van der Waals surface area contributed by atoms with Crippen LogP contribution in [-0.4, -0.2) is 37.7 Å². The van der Waals surface area contributed by atoms with Gasteiger partial charge in [-0.1, -0.05) is 20.8 Å². The predicted octanol–water partition coefficient (Wildman–Crippen LogP) is 3.09. The third kappa shape index (κ3) is 4.04. The number of nitrogens with zero attached hydrogens (tertiary/aromatic N) is 5. The van der Waals surface area contributed by atoms with Gasteiger partial charge in [0.1, 0.15) is 17.4 Å². The van der Waals surface area contributed by atoms with Gasteiger partial charge in [-0.15, -0.1) is 0 Å². The second-order valence-corrected chi connectivity index (χ2v) is 8.00. The molecule has 6 heteroatoms. The molecule has 0 aromatic carbocycles. The molecule has 1 saturated heterocycles. The monoisotopic (exact) mass is 331 g/mol. The maximum Gasteiger partial charge on any atom is 0.208 e. The lowest BCUT2D eigenvalue weighted by molar-refractivity contribution is 0.140. The van der Waals surface area contributed by atoms with Gasteiger partial charge in [-0.05, 0) is 39.2 Å². The molecule has 3 rings (SSSR count). The Morgan fingerprint density at radius 3 is 2.71 bits per heavy atom. The van der Waals surface area contributed by atoms with Crippen molar-refractivity contribution in [3.8, 4) is 0 Å². The summed E-state index contributed by atoms with van der Waals surface area (Å²) in [5.74, 6) is 4.26. The van der Waals surface area contributed by atoms with Gasteiger partial charge < -0.3 is 4.42 Å². The van der Waals surface area contributed by atoms with Gasteiger partial charge in [-0.2, -0.15) is 5.10 Å². The van der Waals surface area contributed by atoms with Gasteiger partial charge >= 0.3 is 0 Å². The summed E-state index contributed by atoms with van der Waals surface area (Å²) in [6.45, 7) is 14.3. The summed E-state index contributed by atoms with van der Waals surface area (Å²) in [6.07, 6.45) is 4.33. The van der Waals surface area contributed by atoms with Crippen molar-refractivity contribution < 1.29 is 4.42 Å². The van der Waals surface area contributed by atoms with Gasteiger partial charge in [0.2, 0.25) is 5.89 Å². The van der Waals surface area contributed by atoms with Crippen LogP contribution < -0.4 is 0 Å². The topological polar surface area (TPSA) is 60.0 Å². The SMILES string of the molecule is Cc1nc(C)n(C[C@H]2CCCN(Cc3ncc(C(C)(C)C)o3)C2)n1. The van der Waals surface area contributed by atoms with Crippen LogP contribution in [0.4, 0.5) is 0 Å². The van der Waals surface area contributed by atoms with Gasteiger partial charge in [0.05, 0.1) is 12.7 Å². The second-order valence-electron chi connectivity index (χ2n) is 8.00. The molecule has 1 aliphatic rings. The fourth-order valence-corrected chi connectivity index (χ4v) is 3.34. The van der Waals surface area contributed by atoms with Gasteiger partial charge in [0, 0.05) is 18.5 Å². The molecule has 2 aromatic heterocycles. The van der Waals surface area contributed by atoms with Crippen molar-refractivity contribution in [3.63, 3.8) is 0 Å². The largest absolute Gasteiger partial charge is 0.444 e. The van der Waals surface area contributed by atoms with Crippen molar-refractivity contribution in [2.24, 2.45) is 5.92 Å². The number of likely N-dealkylation sites (tertiary alicyclic amines) is 1. The van der Waals surface area contributed by atoms with E-state index in [1.165, 1.54) is 12.8 Å². The molecule has 0 spiro atoms. The Morgan fingerprint density at radius 1 is 1.29 bits per heavy atom. The zero-order valence-corrected chi connectivity index (χ0v) is 15.5. The maximum atomic E-state index is 5.95. The first-order valence-electron chi connectivity index (χ1n) is 8.87. The maximum absolute atomic E-state index is 5.95. The van der Waals surface area contributed by atoms with Crippen LogP contribution in [0.3, 0.4) is 0 Å². The first-order valence-corrected chi connectivity index (χ1v) is 8.87. The lowest BCUT2D eigenvalue weighted by Gasteiger charge is -2.31. The van der Waals surface area contributed by atoms with Gasteiger partial charge in [0.25, 0.3) is 0 Å². The van der Waals surface area contributed by atoms with Gasteiger partial charge in [-0.25, -0.2) is 14.6 Å². The van der Waals surface area contributed by atoms with E-state index in [9.17, 15) is 0 Å². The molecule has 2 aromatic rings. The Morgan fingerprint density at radius 2 is 2.08 bits per heavy atom. The third-order valence-corrected chi connectivity index (χ3v) is 4.65. The normalized spacial score (nSPS) is 19.8. The van der Waals surface area contributed by atoms with Crippen molar-refractivity contribution in [1.29, 1.82) is 0 Å². The van der Waals surface area contributed by atoms with Crippen molar-refractivity contribution in [3.05, 3.63) is 29.5 Å². The summed E-state index contributed by atoms with van der Waals surface area (Å²) in [7, 11) is 0. The van der Waals surface area contributed by atoms with Crippen LogP contribution in [0.1, 0.15) is 56.9 Å². The molecule has 6 nitrogen and oxygen atoms in total. The predicted molar refractivity (Wildman–Crippen MR) is 92.7 cm³/mol. The molecule has 0 amide bonds. The van der Waals surface area contributed by atoms with Crippen molar-refractivity contribution in [2.45, 2.75) is 66.0 Å². The zero-order chi connectivity index (χ0) is 17.3. The van der Waals surface area contributed by atoms with Crippen LogP contribution in [0, 0.1) is 19.8 Å². The highest BCUT2D eigenvalue weighted by atomic mass is 16.4. The molecule has 3 heterocycles. The minimum absolute atomic E-state index is 0.0121. The number of aryl methyl sites for hydroxylation is 2. The molecule has 1 fully saturated rings. The Kier molecular flexibility index (Phi) is 4.76. The molecule has 0 unspecified atom stereocenters. The Balaban J connectivity index is 1.59. The van der Waals surface area contributed by atoms with E-state index in [2.05, 4.69) is 40.7 Å². The van der Waals surface area contributed by atoms with E-state index in [1.54, 1.807) is 0 Å². The van der Waals surface area contributed by atoms with Crippen LogP contribution in [0.25, 0.3) is 0 Å². The molecule has 0 radical (unpaired) electrons. The van der Waals surface area contributed by atoms with Crippen molar-refractivity contribution >= 4 is 0 Å². The highest BCUT2D eigenvalue weighted by molar-refractivity contribution is 5.06. The molecular weight excluding hydrogens is 302 g/mol. The fourth-order valence-electron chi connectivity index (χ4n) is 3.34. The minimum Gasteiger partial charge on any atom is -0.444 e. The summed E-state index contributed by atoms with van der Waals surface area (Å²) in [5.41, 5.74) is 0.0121. The summed E-state index contributed by atoms with van der Waals surface area (Å²) in [4.78, 5) is 11.3. The number of aromatic nitrogens is 4. The fraction of sp³-hybridized carbons (Fsp3) is 0.722. The molecule has 1 atom stereocenters. The van der Waals surface area contributed by atoms with E-state index in [0.29, 0.717) is 5.92 Å². The van der Waals surface area contributed by atoms with Crippen molar-refractivity contribution in [1.82, 2.24) is 24.6 Å². The van der Waals surface area contributed by atoms with E-state index in [4.69, 9.17) is 4.42 Å². The summed E-state index contributed by atoms with van der Waals surface area (Å²) in [6, 6.07) is 0. The summed E-state index contributed by atoms with van der Waals surface area (Å²) >= 11 is 0. The number of piperidine rings is 1. The molecule has 0 saturated carbocycles. The van der Waals surface area contributed by atoms with Gasteiger partial charge in [-0.3, -0.25) is 4.90 Å². The van der Waals surface area contributed by atoms with Crippen LogP contribution >= 0.6 is 0 Å². The smallest absolute Gasteiger partial charge is 0.208 e. The number of oxazole rings is 1. The highest BCUT2D eigenvalue weighted by Crippen LogP contribution is 2.24. The number of hydrogen-bond donors (Lipinski definition) is 0. The average Bonchev–Trinajstić information content (AvgIpc) is 3.06. The number of hydrogen-bond acceptors (Lipinski definition) is 5. The average molecular weight is 331 g/mol. The molecule has 0 bridgehead atoms. The molecule has 0 aliphatic carbocycles. The Labute approximate surface area is 144 Å². The van der Waals surface area contributed by atoms with E-state index in [0.717, 1.165) is 49.5 Å². The van der Waals surface area contributed by atoms with Crippen LogP contribution in [0.5, 0.6) is 0 Å². The van der Waals surface area contributed by atoms with E-state index >= 15 is 0 Å². The van der Waals surface area contributed by atoms with Crippen LogP contribution in [-0.2, 0) is 18.5 Å². The molecule has 0 N–H and O–H groups in total. The lowest BCUT2D eigenvalue weighted by Crippen LogP contribution is -2.37. The summed E-state index contributed by atoms with van der Waals surface area (Å²) in [5, 5.41) is 4.50. The molecule has 24 heavy (non-hydrogen) atoms. The third-order valence-electron chi connectivity index (χ3n) is 4.65. The van der Waals surface area contributed by atoms with E-state index in [-0.39, 0.29) is 5.41 Å². The molecule has 1 aliphatic heterocycles. The zero-order valence-electron chi connectivity index (χ0n) is 15.5. The summed E-state index contributed by atoms with van der Waals surface area (Å²) < 4.78 is 7.99. The lowest BCUT2D eigenvalue weighted by atomic mass is 9.94. The molecule has 132 valence electrons. The minimum atomic E-state index is 0.0121.